The SMILES string of the molecule is CCOc1nc(C)c([N+](=O)[O-])c(C(=O)OC(C)(C)C)n1. The highest BCUT2D eigenvalue weighted by molar-refractivity contribution is 5.92. The van der Waals surface area contributed by atoms with Gasteiger partial charge in [0.2, 0.25) is 5.69 Å². The maximum Gasteiger partial charge on any atom is 0.364 e. The lowest BCUT2D eigenvalue weighted by Gasteiger charge is -2.19. The van der Waals surface area contributed by atoms with Gasteiger partial charge in [-0.05, 0) is 34.6 Å². The molecule has 110 valence electrons. The summed E-state index contributed by atoms with van der Waals surface area (Å²) < 4.78 is 10.2. The molecule has 1 aromatic rings. The van der Waals surface area contributed by atoms with E-state index in [2.05, 4.69) is 9.97 Å². The minimum absolute atomic E-state index is 0.0503. The largest absolute Gasteiger partial charge is 0.464 e. The highest BCUT2D eigenvalue weighted by atomic mass is 16.6. The zero-order chi connectivity index (χ0) is 15.5. The van der Waals surface area contributed by atoms with Gasteiger partial charge < -0.3 is 9.47 Å². The number of esters is 1. The maximum absolute atomic E-state index is 12.0. The third kappa shape index (κ3) is 3.87. The van der Waals surface area contributed by atoms with Crippen molar-refractivity contribution in [3.8, 4) is 6.01 Å². The summed E-state index contributed by atoms with van der Waals surface area (Å²) >= 11 is 0. The number of carbonyl (C=O) groups is 1. The van der Waals surface area contributed by atoms with Crippen LogP contribution in [-0.4, -0.2) is 33.1 Å². The average molecular weight is 283 g/mol. The Labute approximate surface area is 116 Å². The molecule has 0 N–H and O–H groups in total. The molecule has 0 atom stereocenters. The van der Waals surface area contributed by atoms with Gasteiger partial charge in [0.15, 0.2) is 0 Å². The first kappa shape index (κ1) is 15.8. The Kier molecular flexibility index (Phi) is 4.59. The number of aryl methyl sites for hydroxylation is 1. The molecule has 0 aromatic carbocycles. The molecule has 0 aliphatic rings. The van der Waals surface area contributed by atoms with Crippen molar-refractivity contribution in [1.29, 1.82) is 0 Å². The number of nitrogens with zero attached hydrogens (tertiary/aromatic N) is 3. The molecule has 0 radical (unpaired) electrons. The molecule has 0 amide bonds. The lowest BCUT2D eigenvalue weighted by Crippen LogP contribution is -2.25. The molecule has 1 heterocycles. The minimum atomic E-state index is -0.879. The number of carbonyl (C=O) groups excluding carboxylic acids is 1. The van der Waals surface area contributed by atoms with Gasteiger partial charge in [0, 0.05) is 0 Å². The van der Waals surface area contributed by atoms with E-state index in [1.54, 1.807) is 27.7 Å². The predicted octanol–water partition coefficient (Wildman–Crippen LogP) is 2.05. The molecule has 8 nitrogen and oxygen atoms in total. The van der Waals surface area contributed by atoms with Crippen molar-refractivity contribution < 1.29 is 19.2 Å². The Morgan fingerprint density at radius 3 is 2.40 bits per heavy atom. The highest BCUT2D eigenvalue weighted by Crippen LogP contribution is 2.25. The number of hydrogen-bond donors (Lipinski definition) is 0. The topological polar surface area (TPSA) is 104 Å². The minimum Gasteiger partial charge on any atom is -0.464 e. The predicted molar refractivity (Wildman–Crippen MR) is 69.8 cm³/mol. The van der Waals surface area contributed by atoms with Crippen LogP contribution in [0.15, 0.2) is 0 Å². The summed E-state index contributed by atoms with van der Waals surface area (Å²) in [4.78, 5) is 30.0. The van der Waals surface area contributed by atoms with Crippen LogP contribution in [0, 0.1) is 17.0 Å². The Morgan fingerprint density at radius 1 is 1.35 bits per heavy atom. The van der Waals surface area contributed by atoms with E-state index in [-0.39, 0.29) is 18.3 Å². The first-order chi connectivity index (χ1) is 9.15. The molecule has 1 aromatic heterocycles. The molecule has 0 saturated carbocycles. The number of hydrogen-bond acceptors (Lipinski definition) is 7. The number of ether oxygens (including phenoxy) is 2. The normalized spacial score (nSPS) is 11.1. The number of aromatic nitrogens is 2. The first-order valence-electron chi connectivity index (χ1n) is 6.05. The van der Waals surface area contributed by atoms with Gasteiger partial charge in [0.1, 0.15) is 11.3 Å². The van der Waals surface area contributed by atoms with Crippen LogP contribution in [0.3, 0.4) is 0 Å². The van der Waals surface area contributed by atoms with Gasteiger partial charge in [0.05, 0.1) is 11.5 Å². The summed E-state index contributed by atoms with van der Waals surface area (Å²) in [7, 11) is 0. The lowest BCUT2D eigenvalue weighted by atomic mass is 10.2. The molecule has 0 unspecified atom stereocenters. The molecule has 20 heavy (non-hydrogen) atoms. The summed E-state index contributed by atoms with van der Waals surface area (Å²) in [6.45, 7) is 8.39. The van der Waals surface area contributed by atoms with Crippen molar-refractivity contribution in [3.63, 3.8) is 0 Å². The summed E-state index contributed by atoms with van der Waals surface area (Å²) in [6, 6.07) is -0.0866. The smallest absolute Gasteiger partial charge is 0.364 e. The lowest BCUT2D eigenvalue weighted by molar-refractivity contribution is -0.386. The third-order valence-corrected chi connectivity index (χ3v) is 2.09. The van der Waals surface area contributed by atoms with E-state index >= 15 is 0 Å². The molecule has 1 rings (SSSR count). The standard InChI is InChI=1S/C12H17N3O5/c1-6-19-11-13-7(2)9(15(17)18)8(14-11)10(16)20-12(3,4)5/h6H2,1-5H3. The average Bonchev–Trinajstić information content (AvgIpc) is 2.25. The van der Waals surface area contributed by atoms with Crippen LogP contribution in [0.2, 0.25) is 0 Å². The summed E-state index contributed by atoms with van der Waals surface area (Å²) in [5, 5.41) is 11.1. The van der Waals surface area contributed by atoms with E-state index in [1.807, 2.05) is 0 Å². The van der Waals surface area contributed by atoms with Crippen molar-refractivity contribution in [2.45, 2.75) is 40.2 Å². The first-order valence-corrected chi connectivity index (χ1v) is 6.05. The zero-order valence-corrected chi connectivity index (χ0v) is 12.1. The summed E-state index contributed by atoms with van der Waals surface area (Å²) in [5.74, 6) is -0.879. The zero-order valence-electron chi connectivity index (χ0n) is 12.1. The number of rotatable bonds is 4. The van der Waals surface area contributed by atoms with Crippen LogP contribution in [-0.2, 0) is 4.74 Å². The second-order valence-electron chi connectivity index (χ2n) is 4.98. The Hall–Kier alpha value is -2.25. The van der Waals surface area contributed by atoms with E-state index in [9.17, 15) is 14.9 Å². The molecule has 0 aliphatic carbocycles. The van der Waals surface area contributed by atoms with Gasteiger partial charge in [-0.15, -0.1) is 0 Å². The van der Waals surface area contributed by atoms with Gasteiger partial charge in [-0.3, -0.25) is 10.1 Å². The quantitative estimate of drug-likeness (QED) is 0.473. The summed E-state index contributed by atoms with van der Waals surface area (Å²) in [5.41, 5.74) is -1.60. The third-order valence-electron chi connectivity index (χ3n) is 2.09. The molecule has 0 aliphatic heterocycles. The van der Waals surface area contributed by atoms with E-state index in [4.69, 9.17) is 9.47 Å². The van der Waals surface area contributed by atoms with E-state index in [0.717, 1.165) is 0 Å². The fourth-order valence-corrected chi connectivity index (χ4v) is 1.42. The van der Waals surface area contributed by atoms with Crippen LogP contribution >= 0.6 is 0 Å². The van der Waals surface area contributed by atoms with Crippen molar-refractivity contribution in [3.05, 3.63) is 21.5 Å². The fourth-order valence-electron chi connectivity index (χ4n) is 1.42. The molecule has 0 bridgehead atoms. The van der Waals surface area contributed by atoms with Crippen LogP contribution in [0.1, 0.15) is 43.9 Å². The Balaban J connectivity index is 3.33. The maximum atomic E-state index is 12.0. The molecule has 0 fully saturated rings. The van der Waals surface area contributed by atoms with E-state index in [0.29, 0.717) is 0 Å². The van der Waals surface area contributed by atoms with Crippen molar-refractivity contribution in [1.82, 2.24) is 9.97 Å². The van der Waals surface area contributed by atoms with E-state index < -0.39 is 27.9 Å². The molecular formula is C12H17N3O5. The fraction of sp³-hybridized carbons (Fsp3) is 0.583. The molecule has 0 spiro atoms. The second kappa shape index (κ2) is 5.81. The van der Waals surface area contributed by atoms with Gasteiger partial charge in [0.25, 0.3) is 0 Å². The van der Waals surface area contributed by atoms with Crippen molar-refractivity contribution >= 4 is 11.7 Å². The van der Waals surface area contributed by atoms with Gasteiger partial charge >= 0.3 is 17.7 Å². The Bertz CT molecular complexity index is 537. The molecular weight excluding hydrogens is 266 g/mol. The number of nitro groups is 1. The molecule has 8 heteroatoms. The van der Waals surface area contributed by atoms with Gasteiger partial charge in [-0.25, -0.2) is 4.79 Å². The molecule has 0 saturated heterocycles. The van der Waals surface area contributed by atoms with Crippen LogP contribution in [0.25, 0.3) is 0 Å². The van der Waals surface area contributed by atoms with Crippen molar-refractivity contribution in [2.24, 2.45) is 0 Å². The van der Waals surface area contributed by atoms with Crippen LogP contribution in [0.5, 0.6) is 6.01 Å². The highest BCUT2D eigenvalue weighted by Gasteiger charge is 2.31. The van der Waals surface area contributed by atoms with Gasteiger partial charge in [-0.1, -0.05) is 0 Å². The van der Waals surface area contributed by atoms with E-state index in [1.165, 1.54) is 6.92 Å². The monoisotopic (exact) mass is 283 g/mol. The summed E-state index contributed by atoms with van der Waals surface area (Å²) in [6.07, 6.45) is 0. The Morgan fingerprint density at radius 2 is 1.95 bits per heavy atom. The van der Waals surface area contributed by atoms with Crippen molar-refractivity contribution in [2.75, 3.05) is 6.61 Å². The second-order valence-corrected chi connectivity index (χ2v) is 4.98. The van der Waals surface area contributed by atoms with Crippen LogP contribution < -0.4 is 4.74 Å². The van der Waals surface area contributed by atoms with Gasteiger partial charge in [-0.2, -0.15) is 9.97 Å². The van der Waals surface area contributed by atoms with Crippen LogP contribution in [0.4, 0.5) is 5.69 Å².